The van der Waals surface area contributed by atoms with Gasteiger partial charge in [0.25, 0.3) is 0 Å². The standard InChI is InChI=1S/C13H16ClFN4O/c1-16-12(9-5-10(15)7-17-6-9)13-11(14)8-18-19(13)3-4-20-2/h5-8,12,16H,3-4H2,1-2H3. The summed E-state index contributed by atoms with van der Waals surface area (Å²) >= 11 is 6.21. The first-order valence-electron chi connectivity index (χ1n) is 6.15. The first-order valence-corrected chi connectivity index (χ1v) is 6.53. The minimum Gasteiger partial charge on any atom is -0.383 e. The number of methoxy groups -OCH3 is 1. The van der Waals surface area contributed by atoms with Crippen LogP contribution in [0, 0.1) is 5.82 Å². The molecular weight excluding hydrogens is 283 g/mol. The summed E-state index contributed by atoms with van der Waals surface area (Å²) in [6.07, 6.45) is 4.35. The molecule has 0 spiro atoms. The summed E-state index contributed by atoms with van der Waals surface area (Å²) in [6.45, 7) is 1.09. The average Bonchev–Trinajstić information content (AvgIpc) is 2.79. The fourth-order valence-electron chi connectivity index (χ4n) is 2.06. The largest absolute Gasteiger partial charge is 0.383 e. The van der Waals surface area contributed by atoms with Crippen LogP contribution < -0.4 is 5.32 Å². The van der Waals surface area contributed by atoms with Gasteiger partial charge in [0.05, 0.1) is 42.3 Å². The highest BCUT2D eigenvalue weighted by Gasteiger charge is 2.21. The van der Waals surface area contributed by atoms with Crippen LogP contribution in [0.15, 0.2) is 24.7 Å². The highest BCUT2D eigenvalue weighted by Crippen LogP contribution is 2.28. The van der Waals surface area contributed by atoms with Gasteiger partial charge in [-0.15, -0.1) is 0 Å². The van der Waals surface area contributed by atoms with Gasteiger partial charge in [0.15, 0.2) is 0 Å². The number of nitrogens with zero attached hydrogens (tertiary/aromatic N) is 3. The zero-order valence-electron chi connectivity index (χ0n) is 11.3. The van der Waals surface area contributed by atoms with Crippen LogP contribution >= 0.6 is 11.6 Å². The van der Waals surface area contributed by atoms with Crippen molar-refractivity contribution in [1.29, 1.82) is 0 Å². The van der Waals surface area contributed by atoms with Gasteiger partial charge in [-0.3, -0.25) is 9.67 Å². The molecule has 7 heteroatoms. The third-order valence-corrected chi connectivity index (χ3v) is 3.25. The molecule has 0 saturated carbocycles. The Morgan fingerprint density at radius 3 is 2.90 bits per heavy atom. The number of aromatic nitrogens is 3. The first kappa shape index (κ1) is 14.9. The van der Waals surface area contributed by atoms with Crippen molar-refractivity contribution in [3.63, 3.8) is 0 Å². The van der Waals surface area contributed by atoms with Crippen molar-refractivity contribution in [3.05, 3.63) is 46.8 Å². The molecule has 0 aromatic carbocycles. The molecule has 5 nitrogen and oxygen atoms in total. The zero-order chi connectivity index (χ0) is 14.5. The second-order valence-corrected chi connectivity index (χ2v) is 4.66. The van der Waals surface area contributed by atoms with Crippen LogP contribution in [0.25, 0.3) is 0 Å². The Bertz CT molecular complexity index is 575. The Morgan fingerprint density at radius 2 is 2.25 bits per heavy atom. The molecule has 1 N–H and O–H groups in total. The lowest BCUT2D eigenvalue weighted by molar-refractivity contribution is 0.182. The van der Waals surface area contributed by atoms with Gasteiger partial charge in [0.1, 0.15) is 5.82 Å². The number of pyridine rings is 1. The van der Waals surface area contributed by atoms with E-state index in [1.54, 1.807) is 31.2 Å². The molecule has 20 heavy (non-hydrogen) atoms. The Labute approximate surface area is 121 Å². The van der Waals surface area contributed by atoms with Crippen LogP contribution in [0.1, 0.15) is 17.3 Å². The summed E-state index contributed by atoms with van der Waals surface area (Å²) in [5.41, 5.74) is 1.45. The van der Waals surface area contributed by atoms with Gasteiger partial charge in [-0.2, -0.15) is 5.10 Å². The average molecular weight is 299 g/mol. The SMILES string of the molecule is CNC(c1cncc(F)c1)c1c(Cl)cnn1CCOC. The Morgan fingerprint density at radius 1 is 1.45 bits per heavy atom. The monoisotopic (exact) mass is 298 g/mol. The predicted molar refractivity (Wildman–Crippen MR) is 74.2 cm³/mol. The summed E-state index contributed by atoms with van der Waals surface area (Å²) in [5, 5.41) is 7.85. The van der Waals surface area contributed by atoms with Crippen LogP contribution in [0.3, 0.4) is 0 Å². The van der Waals surface area contributed by atoms with Crippen molar-refractivity contribution < 1.29 is 9.13 Å². The van der Waals surface area contributed by atoms with E-state index < -0.39 is 0 Å². The highest BCUT2D eigenvalue weighted by molar-refractivity contribution is 6.31. The fourth-order valence-corrected chi connectivity index (χ4v) is 2.31. The fraction of sp³-hybridized carbons (Fsp3) is 0.385. The van der Waals surface area contributed by atoms with E-state index in [4.69, 9.17) is 16.3 Å². The highest BCUT2D eigenvalue weighted by atomic mass is 35.5. The van der Waals surface area contributed by atoms with Gasteiger partial charge in [-0.25, -0.2) is 4.39 Å². The quantitative estimate of drug-likeness (QED) is 0.886. The van der Waals surface area contributed by atoms with E-state index >= 15 is 0 Å². The second-order valence-electron chi connectivity index (χ2n) is 4.25. The van der Waals surface area contributed by atoms with Gasteiger partial charge in [0, 0.05) is 13.3 Å². The number of ether oxygens (including phenoxy) is 1. The van der Waals surface area contributed by atoms with Crippen LogP contribution in [-0.2, 0) is 11.3 Å². The molecule has 0 bridgehead atoms. The summed E-state index contributed by atoms with van der Waals surface area (Å²) in [7, 11) is 3.40. The normalized spacial score (nSPS) is 12.6. The molecule has 0 amide bonds. The van der Waals surface area contributed by atoms with Crippen LogP contribution in [-0.4, -0.2) is 35.5 Å². The lowest BCUT2D eigenvalue weighted by atomic mass is 10.1. The molecular formula is C13H16ClFN4O. The molecule has 0 aliphatic carbocycles. The molecule has 0 aliphatic heterocycles. The zero-order valence-corrected chi connectivity index (χ0v) is 12.1. The summed E-state index contributed by atoms with van der Waals surface area (Å²) in [4.78, 5) is 3.87. The molecule has 0 radical (unpaired) electrons. The van der Waals surface area contributed by atoms with Crippen molar-refractivity contribution in [3.8, 4) is 0 Å². The third kappa shape index (κ3) is 3.15. The van der Waals surface area contributed by atoms with Crippen molar-refractivity contribution >= 4 is 11.6 Å². The van der Waals surface area contributed by atoms with Crippen molar-refractivity contribution in [2.45, 2.75) is 12.6 Å². The van der Waals surface area contributed by atoms with E-state index in [0.29, 0.717) is 23.7 Å². The summed E-state index contributed by atoms with van der Waals surface area (Å²) in [5.74, 6) is -0.387. The topological polar surface area (TPSA) is 52.0 Å². The van der Waals surface area contributed by atoms with E-state index in [9.17, 15) is 4.39 Å². The first-order chi connectivity index (χ1) is 9.67. The molecule has 2 heterocycles. The minimum absolute atomic E-state index is 0.287. The molecule has 2 aromatic rings. The summed E-state index contributed by atoms with van der Waals surface area (Å²) in [6, 6.07) is 1.14. The number of nitrogens with one attached hydrogen (secondary N) is 1. The molecule has 1 atom stereocenters. The van der Waals surface area contributed by atoms with Crippen molar-refractivity contribution in [2.75, 3.05) is 20.8 Å². The molecule has 108 valence electrons. The summed E-state index contributed by atoms with van der Waals surface area (Å²) < 4.78 is 20.1. The number of hydrogen-bond acceptors (Lipinski definition) is 4. The Kier molecular flexibility index (Phi) is 5.05. The van der Waals surface area contributed by atoms with Gasteiger partial charge < -0.3 is 10.1 Å². The van der Waals surface area contributed by atoms with Crippen molar-refractivity contribution in [2.24, 2.45) is 0 Å². The maximum Gasteiger partial charge on any atom is 0.141 e. The molecule has 1 unspecified atom stereocenters. The van der Waals surface area contributed by atoms with E-state index in [-0.39, 0.29) is 11.9 Å². The molecule has 0 saturated heterocycles. The van der Waals surface area contributed by atoms with E-state index in [0.717, 1.165) is 5.69 Å². The minimum atomic E-state index is -0.387. The Balaban J connectivity index is 2.38. The second kappa shape index (κ2) is 6.78. The molecule has 2 aromatic heterocycles. The molecule has 0 aliphatic rings. The number of halogens is 2. The maximum atomic E-state index is 13.3. The maximum absolute atomic E-state index is 13.3. The van der Waals surface area contributed by atoms with Gasteiger partial charge in [-0.1, -0.05) is 11.6 Å². The van der Waals surface area contributed by atoms with Gasteiger partial charge >= 0.3 is 0 Å². The third-order valence-electron chi connectivity index (χ3n) is 2.96. The van der Waals surface area contributed by atoms with Crippen LogP contribution in [0.2, 0.25) is 5.02 Å². The number of rotatable bonds is 6. The van der Waals surface area contributed by atoms with E-state index in [2.05, 4.69) is 15.4 Å². The molecule has 0 fully saturated rings. The smallest absolute Gasteiger partial charge is 0.141 e. The number of hydrogen-bond donors (Lipinski definition) is 1. The van der Waals surface area contributed by atoms with Crippen LogP contribution in [0.4, 0.5) is 4.39 Å². The lowest BCUT2D eigenvalue weighted by Gasteiger charge is -2.19. The predicted octanol–water partition coefficient (Wildman–Crippen LogP) is 2.03. The van der Waals surface area contributed by atoms with Crippen LogP contribution in [0.5, 0.6) is 0 Å². The van der Waals surface area contributed by atoms with Gasteiger partial charge in [0.2, 0.25) is 0 Å². The van der Waals surface area contributed by atoms with E-state index in [1.807, 2.05) is 0 Å². The lowest BCUT2D eigenvalue weighted by Crippen LogP contribution is -2.23. The molecule has 2 rings (SSSR count). The van der Waals surface area contributed by atoms with Crippen molar-refractivity contribution in [1.82, 2.24) is 20.1 Å². The van der Waals surface area contributed by atoms with Gasteiger partial charge in [-0.05, 0) is 18.7 Å². The Hall–Kier alpha value is -1.50. The van der Waals surface area contributed by atoms with E-state index in [1.165, 1.54) is 12.3 Å².